The summed E-state index contributed by atoms with van der Waals surface area (Å²) in [5, 5.41) is 0. The minimum atomic E-state index is 0.137. The van der Waals surface area contributed by atoms with Crippen LogP contribution in [0, 0.1) is 5.41 Å². The Morgan fingerprint density at radius 1 is 1.12 bits per heavy atom. The third kappa shape index (κ3) is 3.88. The lowest BCUT2D eigenvalue weighted by Gasteiger charge is -2.33. The molecule has 0 bridgehead atoms. The van der Waals surface area contributed by atoms with Gasteiger partial charge in [-0.15, -0.1) is 0 Å². The van der Waals surface area contributed by atoms with Crippen LogP contribution >= 0.6 is 12.6 Å². The van der Waals surface area contributed by atoms with Crippen LogP contribution in [0.2, 0.25) is 0 Å². The molecule has 0 heterocycles. The zero-order valence-corrected chi connectivity index (χ0v) is 12.6. The molecule has 1 aromatic rings. The van der Waals surface area contributed by atoms with E-state index in [9.17, 15) is 0 Å². The quantitative estimate of drug-likeness (QED) is 0.737. The van der Waals surface area contributed by atoms with E-state index in [1.807, 2.05) is 6.07 Å². The first-order chi connectivity index (χ1) is 7.65. The van der Waals surface area contributed by atoms with Crippen molar-refractivity contribution >= 4 is 12.6 Å². The Morgan fingerprint density at radius 2 is 1.71 bits per heavy atom. The van der Waals surface area contributed by atoms with Crippen LogP contribution in [0.15, 0.2) is 23.1 Å². The highest BCUT2D eigenvalue weighted by Crippen LogP contribution is 2.38. The fraction of sp³-hybridized carbons (Fsp3) is 0.600. The molecule has 0 spiro atoms. The highest BCUT2D eigenvalue weighted by molar-refractivity contribution is 7.80. The number of ether oxygens (including phenoxy) is 1. The summed E-state index contributed by atoms with van der Waals surface area (Å²) in [6.45, 7) is 11.4. The summed E-state index contributed by atoms with van der Waals surface area (Å²) >= 11 is 5.32. The van der Waals surface area contributed by atoms with Crippen LogP contribution < -0.4 is 4.74 Å². The van der Waals surface area contributed by atoms with Crippen molar-refractivity contribution in [3.8, 4) is 5.75 Å². The maximum absolute atomic E-state index is 5.32. The molecule has 0 unspecified atom stereocenters. The Balaban J connectivity index is 3.03. The maximum atomic E-state index is 5.32. The van der Waals surface area contributed by atoms with Crippen LogP contribution in [0.5, 0.6) is 5.75 Å². The van der Waals surface area contributed by atoms with Crippen molar-refractivity contribution in [2.45, 2.75) is 51.3 Å². The van der Waals surface area contributed by atoms with Gasteiger partial charge < -0.3 is 4.74 Å². The Morgan fingerprint density at radius 3 is 2.12 bits per heavy atom. The SMILES string of the molecule is COc1ccc(C(C)(C)CC(C)(C)C)cc1[S]. The van der Waals surface area contributed by atoms with Crippen LogP contribution in [-0.2, 0) is 5.41 Å². The van der Waals surface area contributed by atoms with Crippen LogP contribution in [0.4, 0.5) is 0 Å². The summed E-state index contributed by atoms with van der Waals surface area (Å²) in [5.41, 5.74) is 1.74. The van der Waals surface area contributed by atoms with E-state index in [0.29, 0.717) is 5.41 Å². The number of hydrogen-bond donors (Lipinski definition) is 0. The first-order valence-electron chi connectivity index (χ1n) is 6.01. The minimum Gasteiger partial charge on any atom is -0.495 e. The van der Waals surface area contributed by atoms with Gasteiger partial charge in [0.1, 0.15) is 5.75 Å². The van der Waals surface area contributed by atoms with Crippen molar-refractivity contribution in [1.29, 1.82) is 0 Å². The molecule has 0 aliphatic carbocycles. The predicted octanol–water partition coefficient (Wildman–Crippen LogP) is 4.97. The van der Waals surface area contributed by atoms with E-state index in [1.165, 1.54) is 5.56 Å². The molecule has 2 heteroatoms. The molecule has 1 rings (SSSR count). The summed E-state index contributed by atoms with van der Waals surface area (Å²) in [6, 6.07) is 6.17. The average molecular weight is 251 g/mol. The topological polar surface area (TPSA) is 9.23 Å². The van der Waals surface area contributed by atoms with Crippen molar-refractivity contribution in [3.05, 3.63) is 23.8 Å². The van der Waals surface area contributed by atoms with Gasteiger partial charge in [-0.1, -0.05) is 53.3 Å². The molecule has 1 radical (unpaired) electrons. The molecular weight excluding hydrogens is 228 g/mol. The first kappa shape index (κ1) is 14.3. The first-order valence-corrected chi connectivity index (χ1v) is 6.42. The Kier molecular flexibility index (Phi) is 4.08. The van der Waals surface area contributed by atoms with Gasteiger partial charge in [0, 0.05) is 0 Å². The fourth-order valence-corrected chi connectivity index (χ4v) is 2.80. The van der Waals surface area contributed by atoms with Gasteiger partial charge in [-0.3, -0.25) is 0 Å². The molecule has 1 aromatic carbocycles. The van der Waals surface area contributed by atoms with Crippen LogP contribution in [0.25, 0.3) is 0 Å². The zero-order chi connectivity index (χ0) is 13.3. The van der Waals surface area contributed by atoms with Crippen LogP contribution in [0.3, 0.4) is 0 Å². The maximum Gasteiger partial charge on any atom is 0.136 e. The molecule has 0 aromatic heterocycles. The smallest absolute Gasteiger partial charge is 0.136 e. The highest BCUT2D eigenvalue weighted by Gasteiger charge is 2.27. The minimum absolute atomic E-state index is 0.137. The lowest BCUT2D eigenvalue weighted by molar-refractivity contribution is 0.283. The molecule has 95 valence electrons. The average Bonchev–Trinajstić information content (AvgIpc) is 2.13. The van der Waals surface area contributed by atoms with Gasteiger partial charge in [-0.25, -0.2) is 0 Å². The van der Waals surface area contributed by atoms with Gasteiger partial charge in [0.05, 0.1) is 12.0 Å². The lowest BCUT2D eigenvalue weighted by atomic mass is 9.72. The van der Waals surface area contributed by atoms with Gasteiger partial charge >= 0.3 is 0 Å². The van der Waals surface area contributed by atoms with E-state index in [4.69, 9.17) is 17.4 Å². The van der Waals surface area contributed by atoms with Crippen LogP contribution in [0.1, 0.15) is 46.6 Å². The Hall–Kier alpha value is -0.760. The molecule has 0 amide bonds. The van der Waals surface area contributed by atoms with Gasteiger partial charge in [-0.2, -0.15) is 0 Å². The van der Waals surface area contributed by atoms with Crippen molar-refractivity contribution in [2.24, 2.45) is 5.41 Å². The molecule has 0 N–H and O–H groups in total. The number of methoxy groups -OCH3 is 1. The number of rotatable bonds is 3. The molecule has 0 atom stereocenters. The third-order valence-corrected chi connectivity index (χ3v) is 3.24. The largest absolute Gasteiger partial charge is 0.495 e. The second-order valence-corrected chi connectivity index (χ2v) is 6.93. The summed E-state index contributed by atoms with van der Waals surface area (Å²) in [5.74, 6) is 0.787. The summed E-state index contributed by atoms with van der Waals surface area (Å²) in [4.78, 5) is 0.798. The Labute approximate surface area is 111 Å². The van der Waals surface area contributed by atoms with Crippen molar-refractivity contribution < 1.29 is 4.74 Å². The zero-order valence-electron chi connectivity index (χ0n) is 11.8. The number of hydrogen-bond acceptors (Lipinski definition) is 1. The van der Waals surface area contributed by atoms with E-state index >= 15 is 0 Å². The van der Waals surface area contributed by atoms with E-state index in [-0.39, 0.29) is 5.41 Å². The molecule has 0 aliphatic rings. The van der Waals surface area contributed by atoms with Crippen molar-refractivity contribution in [3.63, 3.8) is 0 Å². The summed E-state index contributed by atoms with van der Waals surface area (Å²) < 4.78 is 5.21. The second kappa shape index (κ2) is 4.85. The van der Waals surface area contributed by atoms with Gasteiger partial charge in [0.25, 0.3) is 0 Å². The van der Waals surface area contributed by atoms with Crippen molar-refractivity contribution in [1.82, 2.24) is 0 Å². The van der Waals surface area contributed by atoms with Crippen molar-refractivity contribution in [2.75, 3.05) is 7.11 Å². The molecule has 1 nitrogen and oxygen atoms in total. The van der Waals surface area contributed by atoms with Gasteiger partial charge in [-0.05, 0) is 34.9 Å². The fourth-order valence-electron chi connectivity index (χ4n) is 2.53. The molecular formula is C15H23OS. The van der Waals surface area contributed by atoms with E-state index in [0.717, 1.165) is 17.1 Å². The normalized spacial score (nSPS) is 12.6. The second-order valence-electron chi connectivity index (χ2n) is 6.49. The van der Waals surface area contributed by atoms with Crippen LogP contribution in [-0.4, -0.2) is 7.11 Å². The van der Waals surface area contributed by atoms with E-state index in [2.05, 4.69) is 46.8 Å². The summed E-state index contributed by atoms with van der Waals surface area (Å²) in [6.07, 6.45) is 1.13. The third-order valence-electron chi connectivity index (χ3n) is 2.92. The van der Waals surface area contributed by atoms with Gasteiger partial charge in [0.15, 0.2) is 0 Å². The highest BCUT2D eigenvalue weighted by atomic mass is 32.1. The molecule has 0 aliphatic heterocycles. The predicted molar refractivity (Wildman–Crippen MR) is 75.9 cm³/mol. The molecule has 0 saturated carbocycles. The standard InChI is InChI=1S/C15H23OS/c1-14(2,3)10-15(4,5)11-7-8-12(16-6)13(17)9-11/h7-9H,10H2,1-6H3. The monoisotopic (exact) mass is 251 g/mol. The van der Waals surface area contributed by atoms with E-state index < -0.39 is 0 Å². The summed E-state index contributed by atoms with van der Waals surface area (Å²) in [7, 11) is 1.66. The Bertz CT molecular complexity index is 388. The number of benzene rings is 1. The molecule has 0 fully saturated rings. The van der Waals surface area contributed by atoms with E-state index in [1.54, 1.807) is 7.11 Å². The lowest BCUT2D eigenvalue weighted by Crippen LogP contribution is -2.24. The molecule has 17 heavy (non-hydrogen) atoms. The molecule has 0 saturated heterocycles. The van der Waals surface area contributed by atoms with Gasteiger partial charge in [0.2, 0.25) is 0 Å².